The van der Waals surface area contributed by atoms with Crippen LogP contribution in [-0.2, 0) is 6.54 Å². The van der Waals surface area contributed by atoms with Gasteiger partial charge in [0.15, 0.2) is 5.75 Å². The number of nitrogens with zero attached hydrogens (tertiary/aromatic N) is 1. The van der Waals surface area contributed by atoms with E-state index in [1.165, 1.54) is 16.7 Å². The maximum absolute atomic E-state index is 12.1. The third-order valence-corrected chi connectivity index (χ3v) is 3.80. The molecular formula is C17H11Cl2NO4. The molecule has 24 heavy (non-hydrogen) atoms. The Hall–Kier alpha value is -2.50. The maximum atomic E-state index is 12.1. The highest BCUT2D eigenvalue weighted by Crippen LogP contribution is 2.33. The quantitative estimate of drug-likeness (QED) is 0.518. The number of rotatable bonds is 4. The standard InChI is InChI=1S/C17H11Cl2NO4/c18-12-4-3-5-13(19)16(12)24-17(22)14-8-7-11(23-14)10-20-9-2-1-6-15(20)21/h1-9H,10H2. The molecule has 0 fully saturated rings. The molecule has 0 amide bonds. The van der Waals surface area contributed by atoms with Crippen LogP contribution in [0.5, 0.6) is 5.75 Å². The zero-order valence-electron chi connectivity index (χ0n) is 12.2. The summed E-state index contributed by atoms with van der Waals surface area (Å²) in [5.41, 5.74) is -0.166. The molecule has 122 valence electrons. The molecule has 7 heteroatoms. The van der Waals surface area contributed by atoms with Crippen LogP contribution >= 0.6 is 23.2 Å². The zero-order valence-corrected chi connectivity index (χ0v) is 13.8. The highest BCUT2D eigenvalue weighted by atomic mass is 35.5. The molecule has 0 radical (unpaired) electrons. The Bertz CT molecular complexity index is 925. The predicted octanol–water partition coefficient (Wildman–Crippen LogP) is 4.02. The van der Waals surface area contributed by atoms with Crippen LogP contribution in [0.3, 0.4) is 0 Å². The highest BCUT2D eigenvalue weighted by Gasteiger charge is 2.17. The summed E-state index contributed by atoms with van der Waals surface area (Å²) in [5, 5.41) is 0.442. The van der Waals surface area contributed by atoms with Gasteiger partial charge in [-0.25, -0.2) is 4.79 Å². The predicted molar refractivity (Wildman–Crippen MR) is 89.9 cm³/mol. The summed E-state index contributed by atoms with van der Waals surface area (Å²) in [5.74, 6) is -0.217. The maximum Gasteiger partial charge on any atom is 0.379 e. The molecule has 2 aromatic heterocycles. The first-order valence-electron chi connectivity index (χ1n) is 6.95. The Morgan fingerprint density at radius 3 is 2.50 bits per heavy atom. The van der Waals surface area contributed by atoms with Crippen molar-refractivity contribution in [3.8, 4) is 5.75 Å². The molecule has 1 aromatic carbocycles. The molecule has 0 bridgehead atoms. The van der Waals surface area contributed by atoms with Crippen molar-refractivity contribution in [2.45, 2.75) is 6.54 Å². The second-order valence-electron chi connectivity index (χ2n) is 4.87. The lowest BCUT2D eigenvalue weighted by Crippen LogP contribution is -2.17. The summed E-state index contributed by atoms with van der Waals surface area (Å²) in [4.78, 5) is 23.8. The number of carbonyl (C=O) groups excluding carboxylic acids is 1. The van der Waals surface area contributed by atoms with Crippen molar-refractivity contribution in [3.63, 3.8) is 0 Å². The van der Waals surface area contributed by atoms with E-state index < -0.39 is 5.97 Å². The van der Waals surface area contributed by atoms with Crippen molar-refractivity contribution in [3.05, 3.63) is 86.6 Å². The lowest BCUT2D eigenvalue weighted by molar-refractivity contribution is 0.0699. The molecule has 5 nitrogen and oxygen atoms in total. The molecule has 2 heterocycles. The molecule has 0 atom stereocenters. The third-order valence-electron chi connectivity index (χ3n) is 3.20. The van der Waals surface area contributed by atoms with E-state index >= 15 is 0 Å². The summed E-state index contributed by atoms with van der Waals surface area (Å²) in [6.07, 6.45) is 1.63. The van der Waals surface area contributed by atoms with Gasteiger partial charge in [0, 0.05) is 12.3 Å². The van der Waals surface area contributed by atoms with E-state index in [1.54, 1.807) is 42.6 Å². The number of aromatic nitrogens is 1. The van der Waals surface area contributed by atoms with Gasteiger partial charge in [0.1, 0.15) is 5.76 Å². The van der Waals surface area contributed by atoms with Crippen LogP contribution in [0.1, 0.15) is 16.3 Å². The van der Waals surface area contributed by atoms with Crippen LogP contribution in [-0.4, -0.2) is 10.5 Å². The Morgan fingerprint density at radius 2 is 1.79 bits per heavy atom. The van der Waals surface area contributed by atoms with E-state index in [0.29, 0.717) is 5.76 Å². The van der Waals surface area contributed by atoms with Gasteiger partial charge in [-0.15, -0.1) is 0 Å². The van der Waals surface area contributed by atoms with Gasteiger partial charge in [0.05, 0.1) is 16.6 Å². The van der Waals surface area contributed by atoms with Crippen LogP contribution in [0.2, 0.25) is 10.0 Å². The van der Waals surface area contributed by atoms with Crippen LogP contribution in [0.15, 0.2) is 63.9 Å². The molecule has 0 saturated heterocycles. The lowest BCUT2D eigenvalue weighted by Gasteiger charge is -2.06. The molecule has 0 spiro atoms. The van der Waals surface area contributed by atoms with E-state index in [9.17, 15) is 9.59 Å². The fourth-order valence-corrected chi connectivity index (χ4v) is 2.53. The largest absolute Gasteiger partial charge is 0.452 e. The summed E-state index contributed by atoms with van der Waals surface area (Å²) in [7, 11) is 0. The van der Waals surface area contributed by atoms with Gasteiger partial charge in [-0.1, -0.05) is 35.3 Å². The van der Waals surface area contributed by atoms with E-state index in [2.05, 4.69) is 0 Å². The molecule has 0 aliphatic heterocycles. The number of esters is 1. The first kappa shape index (κ1) is 16.4. The van der Waals surface area contributed by atoms with Crippen LogP contribution in [0.4, 0.5) is 0 Å². The third kappa shape index (κ3) is 3.53. The van der Waals surface area contributed by atoms with E-state index in [-0.39, 0.29) is 33.7 Å². The number of halogens is 2. The van der Waals surface area contributed by atoms with E-state index in [0.717, 1.165) is 0 Å². The van der Waals surface area contributed by atoms with Gasteiger partial charge in [0.25, 0.3) is 5.56 Å². The molecule has 0 unspecified atom stereocenters. The van der Waals surface area contributed by atoms with Crippen molar-refractivity contribution < 1.29 is 13.9 Å². The average molecular weight is 364 g/mol. The normalized spacial score (nSPS) is 10.6. The first-order valence-corrected chi connectivity index (χ1v) is 7.70. The van der Waals surface area contributed by atoms with Crippen LogP contribution in [0.25, 0.3) is 0 Å². The topological polar surface area (TPSA) is 61.4 Å². The highest BCUT2D eigenvalue weighted by molar-refractivity contribution is 6.37. The average Bonchev–Trinajstić information content (AvgIpc) is 3.02. The Labute approximate surface area is 147 Å². The number of para-hydroxylation sites is 1. The minimum absolute atomic E-state index is 0.00929. The van der Waals surface area contributed by atoms with Gasteiger partial charge >= 0.3 is 5.97 Å². The summed E-state index contributed by atoms with van der Waals surface area (Å²) in [6.45, 7) is 0.208. The van der Waals surface area contributed by atoms with Crippen molar-refractivity contribution in [2.24, 2.45) is 0 Å². The minimum atomic E-state index is -0.725. The number of hydrogen-bond acceptors (Lipinski definition) is 4. The molecule has 0 aliphatic rings. The van der Waals surface area contributed by atoms with Gasteiger partial charge in [-0.2, -0.15) is 0 Å². The number of hydrogen-bond donors (Lipinski definition) is 0. The SMILES string of the molecule is O=C(Oc1c(Cl)cccc1Cl)c1ccc(Cn2ccccc2=O)o1. The van der Waals surface area contributed by atoms with Crippen molar-refractivity contribution >= 4 is 29.2 Å². The van der Waals surface area contributed by atoms with Crippen LogP contribution in [0, 0.1) is 0 Å². The van der Waals surface area contributed by atoms with E-state index in [4.69, 9.17) is 32.4 Å². The smallest absolute Gasteiger partial charge is 0.379 e. The minimum Gasteiger partial charge on any atom is -0.452 e. The molecule has 0 N–H and O–H groups in total. The number of pyridine rings is 1. The Kier molecular flexibility index (Phi) is 4.74. The summed E-state index contributed by atoms with van der Waals surface area (Å²) in [6, 6.07) is 12.7. The van der Waals surface area contributed by atoms with Gasteiger partial charge in [-0.3, -0.25) is 4.79 Å². The second-order valence-corrected chi connectivity index (χ2v) is 5.69. The second kappa shape index (κ2) is 6.95. The fourth-order valence-electron chi connectivity index (χ4n) is 2.05. The van der Waals surface area contributed by atoms with E-state index in [1.807, 2.05) is 0 Å². The summed E-state index contributed by atoms with van der Waals surface area (Å²) < 4.78 is 12.1. The lowest BCUT2D eigenvalue weighted by atomic mass is 10.3. The number of furan rings is 1. The summed E-state index contributed by atoms with van der Waals surface area (Å²) >= 11 is 11.9. The number of carbonyl (C=O) groups is 1. The zero-order chi connectivity index (χ0) is 17.1. The molecule has 3 rings (SSSR count). The number of ether oxygens (including phenoxy) is 1. The van der Waals surface area contributed by atoms with Crippen molar-refractivity contribution in [1.29, 1.82) is 0 Å². The fraction of sp³-hybridized carbons (Fsp3) is 0.0588. The van der Waals surface area contributed by atoms with Gasteiger partial charge in [-0.05, 0) is 30.3 Å². The van der Waals surface area contributed by atoms with Crippen LogP contribution < -0.4 is 10.3 Å². The molecule has 3 aromatic rings. The van der Waals surface area contributed by atoms with Gasteiger partial charge < -0.3 is 13.7 Å². The van der Waals surface area contributed by atoms with Crippen molar-refractivity contribution in [1.82, 2.24) is 4.57 Å². The molecule has 0 aliphatic carbocycles. The first-order chi connectivity index (χ1) is 11.5. The van der Waals surface area contributed by atoms with Crippen molar-refractivity contribution in [2.75, 3.05) is 0 Å². The number of benzene rings is 1. The molecule has 0 saturated carbocycles. The Morgan fingerprint density at radius 1 is 1.04 bits per heavy atom. The Balaban J connectivity index is 1.77. The van der Waals surface area contributed by atoms with Gasteiger partial charge in [0.2, 0.25) is 5.76 Å². The monoisotopic (exact) mass is 363 g/mol. The molecular weight excluding hydrogens is 353 g/mol.